The number of alkyl halides is 3. The largest absolute Gasteiger partial charge is 0.490 e. The van der Waals surface area contributed by atoms with Crippen LogP contribution in [0.2, 0.25) is 0 Å². The van der Waals surface area contributed by atoms with Gasteiger partial charge in [0, 0.05) is 13.1 Å². The first-order chi connectivity index (χ1) is 12.7. The van der Waals surface area contributed by atoms with Gasteiger partial charge in [0.25, 0.3) is 0 Å². The van der Waals surface area contributed by atoms with E-state index in [1.807, 2.05) is 30.3 Å². The summed E-state index contributed by atoms with van der Waals surface area (Å²) in [5.41, 5.74) is 6.09. The molecule has 11 heteroatoms. The van der Waals surface area contributed by atoms with Crippen molar-refractivity contribution in [2.24, 2.45) is 5.92 Å². The fraction of sp³-hybridized carbons (Fsp3) is 0.438. The second kappa shape index (κ2) is 11.0. The van der Waals surface area contributed by atoms with Gasteiger partial charge in [0.15, 0.2) is 0 Å². The van der Waals surface area contributed by atoms with E-state index in [1.165, 1.54) is 0 Å². The molecule has 0 bridgehead atoms. The molecule has 2 rings (SSSR count). The van der Waals surface area contributed by atoms with E-state index in [-0.39, 0.29) is 18.4 Å². The Balaban J connectivity index is 0.000000445. The Labute approximate surface area is 153 Å². The summed E-state index contributed by atoms with van der Waals surface area (Å²) in [4.78, 5) is 31.8. The van der Waals surface area contributed by atoms with Crippen LogP contribution in [0.25, 0.3) is 0 Å². The molecule has 1 fully saturated rings. The molecular formula is C16H20F3N3O5. The van der Waals surface area contributed by atoms with Crippen LogP contribution in [0, 0.1) is 5.92 Å². The SMILES string of the molecule is O=C(NNCC1CCCNC1=O)OCc1ccccc1.O=C(O)C(F)(F)F. The molecule has 1 heterocycles. The van der Waals surface area contributed by atoms with Gasteiger partial charge in [-0.1, -0.05) is 30.3 Å². The van der Waals surface area contributed by atoms with Crippen molar-refractivity contribution < 1.29 is 37.4 Å². The van der Waals surface area contributed by atoms with Crippen LogP contribution in [0.4, 0.5) is 18.0 Å². The molecule has 0 saturated carbocycles. The van der Waals surface area contributed by atoms with Crippen molar-refractivity contribution in [3.63, 3.8) is 0 Å². The topological polar surface area (TPSA) is 117 Å². The maximum Gasteiger partial charge on any atom is 0.490 e. The predicted octanol–water partition coefficient (Wildman–Crippen LogP) is 1.58. The number of nitrogens with one attached hydrogen (secondary N) is 3. The van der Waals surface area contributed by atoms with E-state index in [0.717, 1.165) is 24.9 Å². The zero-order valence-corrected chi connectivity index (χ0v) is 14.2. The third kappa shape index (κ3) is 9.45. The molecule has 1 aliphatic heterocycles. The smallest absolute Gasteiger partial charge is 0.475 e. The van der Waals surface area contributed by atoms with Crippen LogP contribution in [0.3, 0.4) is 0 Å². The molecule has 1 aromatic carbocycles. The van der Waals surface area contributed by atoms with Crippen LogP contribution in [-0.2, 0) is 20.9 Å². The fourth-order valence-electron chi connectivity index (χ4n) is 2.04. The number of carboxylic acid groups (broad SMARTS) is 1. The fourth-order valence-corrected chi connectivity index (χ4v) is 2.04. The number of amides is 2. The molecule has 0 spiro atoms. The Morgan fingerprint density at radius 3 is 2.44 bits per heavy atom. The molecule has 1 aromatic rings. The monoisotopic (exact) mass is 391 g/mol. The molecule has 27 heavy (non-hydrogen) atoms. The zero-order chi connectivity index (χ0) is 20.3. The Kier molecular flexibility index (Phi) is 9.06. The van der Waals surface area contributed by atoms with Gasteiger partial charge >= 0.3 is 18.2 Å². The summed E-state index contributed by atoms with van der Waals surface area (Å²) in [5, 5.41) is 9.92. The van der Waals surface area contributed by atoms with Crippen LogP contribution in [0.15, 0.2) is 30.3 Å². The number of carboxylic acids is 1. The molecule has 8 nitrogen and oxygen atoms in total. The summed E-state index contributed by atoms with van der Waals surface area (Å²) in [6, 6.07) is 9.44. The maximum absolute atomic E-state index is 11.5. The molecule has 4 N–H and O–H groups in total. The second-order valence-corrected chi connectivity index (χ2v) is 5.50. The minimum atomic E-state index is -5.08. The quantitative estimate of drug-likeness (QED) is 0.567. The lowest BCUT2D eigenvalue weighted by Crippen LogP contribution is -2.46. The maximum atomic E-state index is 11.5. The van der Waals surface area contributed by atoms with Crippen LogP contribution in [0.5, 0.6) is 0 Å². The second-order valence-electron chi connectivity index (χ2n) is 5.50. The number of ether oxygens (including phenoxy) is 1. The van der Waals surface area contributed by atoms with E-state index in [2.05, 4.69) is 16.2 Å². The summed E-state index contributed by atoms with van der Waals surface area (Å²) in [6.07, 6.45) is -3.83. The number of carbonyl (C=O) groups is 3. The molecule has 1 saturated heterocycles. The highest BCUT2D eigenvalue weighted by Gasteiger charge is 2.38. The highest BCUT2D eigenvalue weighted by molar-refractivity contribution is 5.79. The normalized spacial score (nSPS) is 16.4. The summed E-state index contributed by atoms with van der Waals surface area (Å²) in [7, 11) is 0. The van der Waals surface area contributed by atoms with Crippen LogP contribution in [0.1, 0.15) is 18.4 Å². The number of rotatable bonds is 5. The Morgan fingerprint density at radius 1 is 1.26 bits per heavy atom. The van der Waals surface area contributed by atoms with Gasteiger partial charge in [0.1, 0.15) is 6.61 Å². The standard InChI is InChI=1S/C14H19N3O3.C2HF3O2/c18-13-12(7-4-8-15-13)9-16-17-14(19)20-10-11-5-2-1-3-6-11;3-2(4,5)1(6)7/h1-3,5-6,12,16H,4,7-10H2,(H,15,18)(H,17,19);(H,6,7). The van der Waals surface area contributed by atoms with E-state index in [0.29, 0.717) is 6.54 Å². The van der Waals surface area contributed by atoms with Crippen molar-refractivity contribution in [2.45, 2.75) is 25.6 Å². The third-order valence-corrected chi connectivity index (χ3v) is 3.39. The van der Waals surface area contributed by atoms with E-state index in [9.17, 15) is 22.8 Å². The molecule has 0 aliphatic carbocycles. The van der Waals surface area contributed by atoms with Crippen molar-refractivity contribution in [1.29, 1.82) is 0 Å². The first kappa shape index (κ1) is 22.2. The van der Waals surface area contributed by atoms with Crippen LogP contribution < -0.4 is 16.2 Å². The Morgan fingerprint density at radius 2 is 1.89 bits per heavy atom. The van der Waals surface area contributed by atoms with E-state index in [1.54, 1.807) is 0 Å². The lowest BCUT2D eigenvalue weighted by molar-refractivity contribution is -0.192. The minimum Gasteiger partial charge on any atom is -0.475 e. The lowest BCUT2D eigenvalue weighted by atomic mass is 9.99. The molecular weight excluding hydrogens is 371 g/mol. The summed E-state index contributed by atoms with van der Waals surface area (Å²) >= 11 is 0. The average molecular weight is 391 g/mol. The molecule has 1 unspecified atom stereocenters. The van der Waals surface area contributed by atoms with Gasteiger partial charge in [0.05, 0.1) is 5.92 Å². The molecule has 150 valence electrons. The van der Waals surface area contributed by atoms with Gasteiger partial charge in [-0.25, -0.2) is 15.0 Å². The van der Waals surface area contributed by atoms with Gasteiger partial charge in [-0.3, -0.25) is 10.2 Å². The number of hydrogen-bond acceptors (Lipinski definition) is 5. The van der Waals surface area contributed by atoms with Crippen LogP contribution >= 0.6 is 0 Å². The van der Waals surface area contributed by atoms with E-state index < -0.39 is 18.2 Å². The number of benzene rings is 1. The minimum absolute atomic E-state index is 0.0307. The first-order valence-corrected chi connectivity index (χ1v) is 7.97. The molecule has 0 aromatic heterocycles. The first-order valence-electron chi connectivity index (χ1n) is 7.97. The van der Waals surface area contributed by atoms with Gasteiger partial charge in [-0.05, 0) is 18.4 Å². The number of hydrazine groups is 1. The van der Waals surface area contributed by atoms with Gasteiger partial charge < -0.3 is 15.2 Å². The van der Waals surface area contributed by atoms with Crippen molar-refractivity contribution in [3.05, 3.63) is 35.9 Å². The van der Waals surface area contributed by atoms with E-state index in [4.69, 9.17) is 14.6 Å². The van der Waals surface area contributed by atoms with Gasteiger partial charge in [-0.15, -0.1) is 0 Å². The van der Waals surface area contributed by atoms with E-state index >= 15 is 0 Å². The van der Waals surface area contributed by atoms with Crippen molar-refractivity contribution in [2.75, 3.05) is 13.1 Å². The predicted molar refractivity (Wildman–Crippen MR) is 87.2 cm³/mol. The Hall–Kier alpha value is -2.82. The lowest BCUT2D eigenvalue weighted by Gasteiger charge is -2.21. The van der Waals surface area contributed by atoms with Crippen molar-refractivity contribution in [1.82, 2.24) is 16.2 Å². The summed E-state index contributed by atoms with van der Waals surface area (Å²) in [6.45, 7) is 1.37. The zero-order valence-electron chi connectivity index (χ0n) is 14.2. The molecule has 1 atom stereocenters. The van der Waals surface area contributed by atoms with Gasteiger partial charge in [0.2, 0.25) is 5.91 Å². The Bertz CT molecular complexity index is 625. The average Bonchev–Trinajstić information content (AvgIpc) is 2.62. The molecule has 2 amide bonds. The van der Waals surface area contributed by atoms with Crippen molar-refractivity contribution in [3.8, 4) is 0 Å². The van der Waals surface area contributed by atoms with Crippen LogP contribution in [-0.4, -0.2) is 42.3 Å². The molecule has 1 aliphatic rings. The number of hydrogen-bond donors (Lipinski definition) is 4. The highest BCUT2D eigenvalue weighted by Crippen LogP contribution is 2.13. The summed E-state index contributed by atoms with van der Waals surface area (Å²) in [5.74, 6) is -2.83. The summed E-state index contributed by atoms with van der Waals surface area (Å²) < 4.78 is 36.8. The van der Waals surface area contributed by atoms with Crippen molar-refractivity contribution >= 4 is 18.0 Å². The number of aliphatic carboxylic acids is 1. The van der Waals surface area contributed by atoms with Gasteiger partial charge in [-0.2, -0.15) is 13.2 Å². The highest BCUT2D eigenvalue weighted by atomic mass is 19.4. The number of piperidine rings is 1. The third-order valence-electron chi connectivity index (χ3n) is 3.39. The number of carbonyl (C=O) groups excluding carboxylic acids is 2. The molecule has 0 radical (unpaired) electrons. The number of halogens is 3.